The maximum atomic E-state index is 11.4. The molecule has 4 heteroatoms. The van der Waals surface area contributed by atoms with Crippen LogP contribution in [0.5, 0.6) is 0 Å². The molecule has 0 saturated carbocycles. The van der Waals surface area contributed by atoms with E-state index in [-0.39, 0.29) is 5.78 Å². The lowest BCUT2D eigenvalue weighted by Gasteiger charge is -2.01. The van der Waals surface area contributed by atoms with Crippen molar-refractivity contribution in [2.75, 3.05) is 0 Å². The number of hydrogen-bond acceptors (Lipinski definition) is 3. The van der Waals surface area contributed by atoms with Crippen LogP contribution in [0.2, 0.25) is 4.34 Å². The van der Waals surface area contributed by atoms with Crippen LogP contribution in [-0.2, 0) is 5.75 Å². The van der Waals surface area contributed by atoms with E-state index in [1.807, 2.05) is 18.2 Å². The summed E-state index contributed by atoms with van der Waals surface area (Å²) in [5.41, 5.74) is 1.98. The Bertz CT molecular complexity index is 519. The number of benzene rings is 1. The summed E-state index contributed by atoms with van der Waals surface area (Å²) >= 11 is 9.08. The van der Waals surface area contributed by atoms with Gasteiger partial charge in [-0.1, -0.05) is 41.9 Å². The highest BCUT2D eigenvalue weighted by Gasteiger charge is 2.12. The maximum absolute atomic E-state index is 11.4. The van der Waals surface area contributed by atoms with Crippen molar-refractivity contribution in [2.24, 2.45) is 0 Å². The lowest BCUT2D eigenvalue weighted by atomic mass is 10.2. The van der Waals surface area contributed by atoms with Crippen LogP contribution >= 0.6 is 34.7 Å². The van der Waals surface area contributed by atoms with E-state index in [9.17, 15) is 4.79 Å². The van der Waals surface area contributed by atoms with Gasteiger partial charge in [-0.05, 0) is 18.6 Å². The zero-order chi connectivity index (χ0) is 12.3. The van der Waals surface area contributed by atoms with Crippen molar-refractivity contribution in [3.63, 3.8) is 0 Å². The van der Waals surface area contributed by atoms with Gasteiger partial charge in [-0.15, -0.1) is 23.1 Å². The number of ketones is 1. The smallest absolute Gasteiger partial charge is 0.161 e. The van der Waals surface area contributed by atoms with Gasteiger partial charge >= 0.3 is 0 Å². The number of halogens is 1. The van der Waals surface area contributed by atoms with E-state index in [0.717, 1.165) is 15.5 Å². The quantitative estimate of drug-likeness (QED) is 0.586. The van der Waals surface area contributed by atoms with Crippen molar-refractivity contribution in [3.8, 4) is 0 Å². The van der Waals surface area contributed by atoms with Gasteiger partial charge in [0.1, 0.15) is 0 Å². The second kappa shape index (κ2) is 5.71. The Kier molecular flexibility index (Phi) is 4.26. The van der Waals surface area contributed by atoms with E-state index in [0.29, 0.717) is 4.34 Å². The van der Waals surface area contributed by atoms with Gasteiger partial charge in [-0.25, -0.2) is 0 Å². The standard InChI is InChI=1S/C13H11ClOS2/c1-9(15)11-7-12(14)17-13(11)16-8-10-5-3-2-4-6-10/h2-7H,8H2,1H3. The Hall–Kier alpha value is -0.770. The first-order valence-electron chi connectivity index (χ1n) is 5.14. The lowest BCUT2D eigenvalue weighted by Crippen LogP contribution is -1.90. The third-order valence-corrected chi connectivity index (χ3v) is 4.88. The van der Waals surface area contributed by atoms with E-state index in [1.165, 1.54) is 16.9 Å². The summed E-state index contributed by atoms with van der Waals surface area (Å²) in [5, 5.41) is 0. The topological polar surface area (TPSA) is 17.1 Å². The minimum Gasteiger partial charge on any atom is -0.294 e. The van der Waals surface area contributed by atoms with Crippen LogP contribution in [0.4, 0.5) is 0 Å². The Labute approximate surface area is 114 Å². The van der Waals surface area contributed by atoms with Crippen LogP contribution in [-0.4, -0.2) is 5.78 Å². The summed E-state index contributed by atoms with van der Waals surface area (Å²) < 4.78 is 1.68. The molecule has 0 aliphatic carbocycles. The Balaban J connectivity index is 2.11. The maximum Gasteiger partial charge on any atom is 0.161 e. The van der Waals surface area contributed by atoms with Gasteiger partial charge in [-0.2, -0.15) is 0 Å². The second-order valence-corrected chi connectivity index (χ2v) is 6.51. The van der Waals surface area contributed by atoms with Crippen LogP contribution in [0.15, 0.2) is 40.6 Å². The molecular weight excluding hydrogens is 272 g/mol. The summed E-state index contributed by atoms with van der Waals surface area (Å²) in [6, 6.07) is 11.9. The van der Waals surface area contributed by atoms with Crippen LogP contribution in [0.3, 0.4) is 0 Å². The molecule has 0 amide bonds. The van der Waals surface area contributed by atoms with Crippen molar-refractivity contribution < 1.29 is 4.79 Å². The molecule has 0 aliphatic heterocycles. The van der Waals surface area contributed by atoms with Gasteiger partial charge in [0.15, 0.2) is 5.78 Å². The number of rotatable bonds is 4. The highest BCUT2D eigenvalue weighted by molar-refractivity contribution is 8.00. The Morgan fingerprint density at radius 2 is 2.06 bits per heavy atom. The Morgan fingerprint density at radius 3 is 2.71 bits per heavy atom. The molecule has 2 aromatic rings. The van der Waals surface area contributed by atoms with Gasteiger partial charge < -0.3 is 0 Å². The molecule has 88 valence electrons. The second-order valence-electron chi connectivity index (χ2n) is 3.58. The highest BCUT2D eigenvalue weighted by Crippen LogP contribution is 2.36. The number of carbonyl (C=O) groups is 1. The minimum atomic E-state index is 0.0729. The van der Waals surface area contributed by atoms with E-state index < -0.39 is 0 Å². The minimum absolute atomic E-state index is 0.0729. The predicted molar refractivity (Wildman–Crippen MR) is 75.3 cm³/mol. The molecule has 0 fully saturated rings. The molecule has 0 saturated heterocycles. The van der Waals surface area contributed by atoms with Gasteiger partial charge in [-0.3, -0.25) is 4.79 Å². The lowest BCUT2D eigenvalue weighted by molar-refractivity contribution is 0.101. The summed E-state index contributed by atoms with van der Waals surface area (Å²) in [5.74, 6) is 0.932. The number of Topliss-reactive ketones (excluding diaryl/α,β-unsaturated/α-hetero) is 1. The van der Waals surface area contributed by atoms with Gasteiger partial charge in [0.05, 0.1) is 8.55 Å². The van der Waals surface area contributed by atoms with Crippen molar-refractivity contribution in [2.45, 2.75) is 16.9 Å². The monoisotopic (exact) mass is 282 g/mol. The molecule has 1 nitrogen and oxygen atoms in total. The molecule has 0 spiro atoms. The summed E-state index contributed by atoms with van der Waals surface area (Å²) in [6.07, 6.45) is 0. The molecule has 0 aliphatic rings. The van der Waals surface area contributed by atoms with Gasteiger partial charge in [0.2, 0.25) is 0 Å². The van der Waals surface area contributed by atoms with Crippen molar-refractivity contribution in [3.05, 3.63) is 51.9 Å². The molecular formula is C13H11ClOS2. The molecule has 1 aromatic carbocycles. The molecule has 1 heterocycles. The van der Waals surface area contributed by atoms with E-state index in [4.69, 9.17) is 11.6 Å². The van der Waals surface area contributed by atoms with Crippen LogP contribution < -0.4 is 0 Å². The summed E-state index contributed by atoms with van der Waals surface area (Å²) in [4.78, 5) is 11.4. The van der Waals surface area contributed by atoms with E-state index in [2.05, 4.69) is 12.1 Å². The van der Waals surface area contributed by atoms with Gasteiger partial charge in [0, 0.05) is 11.3 Å². The predicted octanol–water partition coefficient (Wildman–Crippen LogP) is 4.90. The molecule has 0 unspecified atom stereocenters. The normalized spacial score (nSPS) is 10.5. The van der Waals surface area contributed by atoms with Crippen molar-refractivity contribution in [1.82, 2.24) is 0 Å². The third kappa shape index (κ3) is 3.35. The summed E-state index contributed by atoms with van der Waals surface area (Å²) in [6.45, 7) is 1.57. The molecule has 0 radical (unpaired) electrons. The molecule has 17 heavy (non-hydrogen) atoms. The fourth-order valence-corrected chi connectivity index (χ4v) is 4.10. The number of carbonyl (C=O) groups excluding carboxylic acids is 1. The first-order chi connectivity index (χ1) is 8.16. The number of hydrogen-bond donors (Lipinski definition) is 0. The zero-order valence-electron chi connectivity index (χ0n) is 9.27. The SMILES string of the molecule is CC(=O)c1cc(Cl)sc1SCc1ccccc1. The Morgan fingerprint density at radius 1 is 1.35 bits per heavy atom. The van der Waals surface area contributed by atoms with Crippen LogP contribution in [0.25, 0.3) is 0 Å². The van der Waals surface area contributed by atoms with E-state index >= 15 is 0 Å². The average Bonchev–Trinajstić information content (AvgIpc) is 2.69. The third-order valence-electron chi connectivity index (χ3n) is 2.26. The summed E-state index contributed by atoms with van der Waals surface area (Å²) in [7, 11) is 0. The fourth-order valence-electron chi connectivity index (χ4n) is 1.42. The molecule has 0 bridgehead atoms. The molecule has 2 rings (SSSR count). The highest BCUT2D eigenvalue weighted by atomic mass is 35.5. The number of thioether (sulfide) groups is 1. The molecule has 0 N–H and O–H groups in total. The number of thiophene rings is 1. The van der Waals surface area contributed by atoms with Gasteiger partial charge in [0.25, 0.3) is 0 Å². The average molecular weight is 283 g/mol. The molecule has 1 aromatic heterocycles. The zero-order valence-corrected chi connectivity index (χ0v) is 11.7. The van der Waals surface area contributed by atoms with Crippen LogP contribution in [0, 0.1) is 0 Å². The largest absolute Gasteiger partial charge is 0.294 e. The first kappa shape index (κ1) is 12.7. The molecule has 0 atom stereocenters. The fraction of sp³-hybridized carbons (Fsp3) is 0.154. The van der Waals surface area contributed by atoms with E-state index in [1.54, 1.807) is 24.8 Å². The van der Waals surface area contributed by atoms with Crippen molar-refractivity contribution >= 4 is 40.5 Å². The first-order valence-corrected chi connectivity index (χ1v) is 7.32. The van der Waals surface area contributed by atoms with Crippen molar-refractivity contribution in [1.29, 1.82) is 0 Å². The van der Waals surface area contributed by atoms with Crippen LogP contribution in [0.1, 0.15) is 22.8 Å².